The molecule has 270 valence electrons. The normalized spacial score (nSPS) is 14.1. The lowest BCUT2D eigenvalue weighted by molar-refractivity contribution is 0.0615. The van der Waals surface area contributed by atoms with Gasteiger partial charge in [-0.15, -0.1) is 0 Å². The summed E-state index contributed by atoms with van der Waals surface area (Å²) in [6, 6.07) is 22.5. The SMILES string of the molecule is CN(C(=O)OCc1ccccc1)[C@H](CO)CCCN1C(=O)c2ccccc2C1=O.CN[C@H](CO)CCCN1C(=O)c2ccccc2C1=O.S.S. The molecule has 2 atom stereocenters. The largest absolute Gasteiger partial charge is 0.445 e. The van der Waals surface area contributed by atoms with E-state index in [1.165, 1.54) is 14.7 Å². The Labute approximate surface area is 306 Å². The van der Waals surface area contributed by atoms with Gasteiger partial charge < -0.3 is 25.2 Å². The molecule has 50 heavy (non-hydrogen) atoms. The number of benzene rings is 3. The molecule has 0 fully saturated rings. The molecule has 12 nitrogen and oxygen atoms in total. The van der Waals surface area contributed by atoms with E-state index in [-0.39, 0.29) is 83.0 Å². The average molecular weight is 727 g/mol. The van der Waals surface area contributed by atoms with Crippen LogP contribution in [0.25, 0.3) is 0 Å². The molecular weight excluding hydrogens is 681 g/mol. The van der Waals surface area contributed by atoms with Crippen molar-refractivity contribution in [1.82, 2.24) is 20.0 Å². The summed E-state index contributed by atoms with van der Waals surface area (Å²) in [5, 5.41) is 21.7. The summed E-state index contributed by atoms with van der Waals surface area (Å²) in [6.45, 7) is 0.592. The van der Waals surface area contributed by atoms with E-state index in [2.05, 4.69) is 5.32 Å². The Kier molecular flexibility index (Phi) is 17.2. The van der Waals surface area contributed by atoms with Crippen molar-refractivity contribution in [3.8, 4) is 0 Å². The summed E-state index contributed by atoms with van der Waals surface area (Å²) in [5.74, 6) is -1.04. The Hall–Kier alpha value is -4.21. The molecule has 3 N–H and O–H groups in total. The highest BCUT2D eigenvalue weighted by Crippen LogP contribution is 2.24. The summed E-state index contributed by atoms with van der Waals surface area (Å²) >= 11 is 0. The van der Waals surface area contributed by atoms with Gasteiger partial charge in [-0.2, -0.15) is 27.0 Å². The van der Waals surface area contributed by atoms with Gasteiger partial charge in [-0.1, -0.05) is 54.6 Å². The predicted molar refractivity (Wildman–Crippen MR) is 198 cm³/mol. The van der Waals surface area contributed by atoms with Crippen molar-refractivity contribution in [2.45, 2.75) is 44.4 Å². The Balaban J connectivity index is 0.000000361. The summed E-state index contributed by atoms with van der Waals surface area (Å²) in [5.41, 5.74) is 2.68. The Morgan fingerprint density at radius 3 is 1.52 bits per heavy atom. The van der Waals surface area contributed by atoms with Crippen LogP contribution in [-0.4, -0.2) is 107 Å². The van der Waals surface area contributed by atoms with Crippen LogP contribution in [0.2, 0.25) is 0 Å². The number of nitrogens with zero attached hydrogens (tertiary/aromatic N) is 3. The van der Waals surface area contributed by atoms with E-state index < -0.39 is 12.1 Å². The van der Waals surface area contributed by atoms with Crippen molar-refractivity contribution in [2.24, 2.45) is 0 Å². The van der Waals surface area contributed by atoms with Gasteiger partial charge in [0.15, 0.2) is 0 Å². The molecule has 0 bridgehead atoms. The fraction of sp³-hybridized carbons (Fsp3) is 0.361. The monoisotopic (exact) mass is 726 g/mol. The number of hydrogen-bond donors (Lipinski definition) is 3. The number of aliphatic hydroxyl groups excluding tert-OH is 2. The zero-order valence-corrected chi connectivity index (χ0v) is 30.2. The molecule has 0 saturated carbocycles. The topological polar surface area (TPSA) is 157 Å². The van der Waals surface area contributed by atoms with Crippen molar-refractivity contribution in [1.29, 1.82) is 0 Å². The van der Waals surface area contributed by atoms with E-state index >= 15 is 0 Å². The number of nitrogens with one attached hydrogen (secondary N) is 1. The Bertz CT molecular complexity index is 1540. The fourth-order valence-electron chi connectivity index (χ4n) is 5.57. The lowest BCUT2D eigenvalue weighted by Crippen LogP contribution is -2.40. The molecule has 5 amide bonds. The molecule has 2 aliphatic rings. The van der Waals surface area contributed by atoms with Crippen LogP contribution >= 0.6 is 27.0 Å². The van der Waals surface area contributed by atoms with Crippen molar-refractivity contribution >= 4 is 56.7 Å². The number of carbonyl (C=O) groups excluding carboxylic acids is 5. The van der Waals surface area contributed by atoms with E-state index in [1.54, 1.807) is 62.6 Å². The van der Waals surface area contributed by atoms with Crippen LogP contribution in [0, 0.1) is 0 Å². The smallest absolute Gasteiger partial charge is 0.410 e. The highest BCUT2D eigenvalue weighted by Gasteiger charge is 2.35. The molecule has 0 spiro atoms. The second kappa shape index (κ2) is 20.5. The number of carbonyl (C=O) groups is 5. The first-order valence-corrected chi connectivity index (χ1v) is 15.9. The van der Waals surface area contributed by atoms with Crippen molar-refractivity contribution in [2.75, 3.05) is 40.4 Å². The number of imide groups is 2. The van der Waals surface area contributed by atoms with Gasteiger partial charge in [0.1, 0.15) is 6.61 Å². The lowest BCUT2D eigenvalue weighted by atomic mass is 10.1. The van der Waals surface area contributed by atoms with Gasteiger partial charge in [0, 0.05) is 26.2 Å². The van der Waals surface area contributed by atoms with Crippen LogP contribution in [-0.2, 0) is 11.3 Å². The minimum absolute atomic E-state index is 0. The average Bonchev–Trinajstić information content (AvgIpc) is 3.51. The number of amides is 5. The molecule has 3 aromatic rings. The molecule has 0 saturated heterocycles. The standard InChI is InChI=1S/C22H24N2O5.C14H18N2O3.2H2S/c1-23(22(28)29-15-16-8-3-2-4-9-16)17(14-25)10-7-13-24-20(26)18-11-5-6-12-19(18)21(24)27;1-15-10(9-17)5-4-8-16-13(18)11-6-2-3-7-12(11)14(16)19;;/h2-6,8-9,11-12,17,25H,7,10,13-15H2,1H3;2-3,6-7,10,15,17H,4-5,8-9H2,1H3;2*1H2/t17-;10-;;/m00../s1. The molecule has 5 rings (SSSR count). The number of rotatable bonds is 14. The maximum atomic E-state index is 12.4. The molecule has 0 aromatic heterocycles. The molecule has 2 heterocycles. The summed E-state index contributed by atoms with van der Waals surface area (Å²) in [4.78, 5) is 65.0. The maximum absolute atomic E-state index is 12.4. The highest BCUT2D eigenvalue weighted by atomic mass is 32.1. The maximum Gasteiger partial charge on any atom is 0.410 e. The minimum atomic E-state index is -0.534. The lowest BCUT2D eigenvalue weighted by Gasteiger charge is -2.26. The molecule has 0 aliphatic carbocycles. The van der Waals surface area contributed by atoms with Crippen LogP contribution < -0.4 is 5.32 Å². The van der Waals surface area contributed by atoms with Gasteiger partial charge in [-0.05, 0) is 62.6 Å². The number of aliphatic hydroxyl groups is 2. The van der Waals surface area contributed by atoms with Crippen LogP contribution in [0.5, 0.6) is 0 Å². The first-order valence-electron chi connectivity index (χ1n) is 15.9. The first-order chi connectivity index (χ1) is 23.2. The molecule has 14 heteroatoms. The summed E-state index contributed by atoms with van der Waals surface area (Å²) < 4.78 is 5.29. The van der Waals surface area contributed by atoms with Gasteiger partial charge >= 0.3 is 6.09 Å². The van der Waals surface area contributed by atoms with Gasteiger partial charge in [-0.3, -0.25) is 29.0 Å². The van der Waals surface area contributed by atoms with Gasteiger partial charge in [0.25, 0.3) is 23.6 Å². The van der Waals surface area contributed by atoms with E-state index in [0.717, 1.165) is 12.0 Å². The molecule has 0 radical (unpaired) electrons. The minimum Gasteiger partial charge on any atom is -0.445 e. The van der Waals surface area contributed by atoms with Gasteiger partial charge in [0.2, 0.25) is 0 Å². The molecule has 3 aromatic carbocycles. The zero-order chi connectivity index (χ0) is 34.6. The number of hydrogen-bond acceptors (Lipinski definition) is 9. The molecule has 0 unspecified atom stereocenters. The zero-order valence-electron chi connectivity index (χ0n) is 28.2. The molecular formula is C36H46N4O8S2. The van der Waals surface area contributed by atoms with Gasteiger partial charge in [0.05, 0.1) is 41.5 Å². The Morgan fingerprint density at radius 1 is 0.700 bits per heavy atom. The fourth-order valence-corrected chi connectivity index (χ4v) is 5.57. The van der Waals surface area contributed by atoms with E-state index in [0.29, 0.717) is 48.1 Å². The quantitative estimate of drug-likeness (QED) is 0.212. The second-order valence-electron chi connectivity index (χ2n) is 11.6. The third-order valence-corrected chi connectivity index (χ3v) is 8.49. The summed E-state index contributed by atoms with van der Waals surface area (Å²) in [7, 11) is 3.35. The number of likely N-dealkylation sites (N-methyl/N-ethyl adjacent to an activating group) is 2. The van der Waals surface area contributed by atoms with Crippen LogP contribution in [0.1, 0.15) is 72.7 Å². The van der Waals surface area contributed by atoms with E-state index in [4.69, 9.17) is 9.84 Å². The predicted octanol–water partition coefficient (Wildman–Crippen LogP) is 3.56. The van der Waals surface area contributed by atoms with Crippen LogP contribution in [0.4, 0.5) is 4.79 Å². The number of fused-ring (bicyclic) bond motifs is 2. The number of ether oxygens (including phenoxy) is 1. The van der Waals surface area contributed by atoms with Crippen molar-refractivity contribution in [3.63, 3.8) is 0 Å². The second-order valence-corrected chi connectivity index (χ2v) is 11.6. The van der Waals surface area contributed by atoms with Crippen LogP contribution in [0.3, 0.4) is 0 Å². The third-order valence-electron chi connectivity index (χ3n) is 8.49. The van der Waals surface area contributed by atoms with Gasteiger partial charge in [-0.25, -0.2) is 4.79 Å². The van der Waals surface area contributed by atoms with E-state index in [1.807, 2.05) is 30.3 Å². The first kappa shape index (κ1) is 42.0. The summed E-state index contributed by atoms with van der Waals surface area (Å²) in [6.07, 6.45) is 1.76. The Morgan fingerprint density at radius 2 is 1.12 bits per heavy atom. The van der Waals surface area contributed by atoms with Crippen molar-refractivity contribution in [3.05, 3.63) is 107 Å². The molecule has 2 aliphatic heterocycles. The van der Waals surface area contributed by atoms with E-state index in [9.17, 15) is 29.1 Å². The highest BCUT2D eigenvalue weighted by molar-refractivity contribution is 7.59. The van der Waals surface area contributed by atoms with Crippen LogP contribution in [0.15, 0.2) is 78.9 Å². The van der Waals surface area contributed by atoms with Crippen molar-refractivity contribution < 1.29 is 38.9 Å². The third kappa shape index (κ3) is 10.2.